The third-order valence-electron chi connectivity index (χ3n) is 3.01. The number of aromatic nitrogens is 2. The summed E-state index contributed by atoms with van der Waals surface area (Å²) in [6, 6.07) is 0. The van der Waals surface area contributed by atoms with Gasteiger partial charge in [0.2, 0.25) is 0 Å². The van der Waals surface area contributed by atoms with Crippen molar-refractivity contribution in [2.24, 2.45) is 0 Å². The zero-order chi connectivity index (χ0) is 14.9. The molecule has 1 unspecified atom stereocenters. The number of nitrogens with one attached hydrogen (secondary N) is 1. The lowest BCUT2D eigenvalue weighted by Crippen LogP contribution is -2.33. The van der Waals surface area contributed by atoms with E-state index < -0.39 is 37.9 Å². The van der Waals surface area contributed by atoms with E-state index in [4.69, 9.17) is 9.63 Å². The van der Waals surface area contributed by atoms with Crippen molar-refractivity contribution in [1.82, 2.24) is 9.55 Å². The number of aromatic amines is 1. The first kappa shape index (κ1) is 15.0. The first-order valence-corrected chi connectivity index (χ1v) is 6.96. The average molecular weight is 305 g/mol. The molecule has 0 spiro atoms. The maximum absolute atomic E-state index is 11.7. The number of ether oxygens (including phenoxy) is 1. The lowest BCUT2D eigenvalue weighted by molar-refractivity contribution is -0.0413. The number of aryl methyl sites for hydroxylation is 1. The summed E-state index contributed by atoms with van der Waals surface area (Å²) in [5.41, 5.74) is -0.796. The first-order valence-electron chi connectivity index (χ1n) is 5.83. The predicted octanol–water partition coefficient (Wildman–Crippen LogP) is -0.840. The Morgan fingerprint density at radius 1 is 1.60 bits per heavy atom. The van der Waals surface area contributed by atoms with Crippen LogP contribution in [0.25, 0.3) is 0 Å². The van der Waals surface area contributed by atoms with Crippen molar-refractivity contribution < 1.29 is 23.8 Å². The van der Waals surface area contributed by atoms with Gasteiger partial charge in [-0.15, -0.1) is 0 Å². The van der Waals surface area contributed by atoms with E-state index in [1.165, 1.54) is 17.7 Å². The van der Waals surface area contributed by atoms with E-state index in [0.717, 1.165) is 0 Å². The van der Waals surface area contributed by atoms with Crippen LogP contribution < -0.4 is 11.2 Å². The molecule has 0 amide bonds. The molecular formula is C10H14N2O7P. The van der Waals surface area contributed by atoms with Crippen LogP contribution in [0.2, 0.25) is 0 Å². The molecule has 2 heterocycles. The third kappa shape index (κ3) is 3.20. The number of hydrogen-bond donors (Lipinski definition) is 3. The summed E-state index contributed by atoms with van der Waals surface area (Å²) in [5.74, 6) is 0. The molecule has 1 aromatic heterocycles. The quantitative estimate of drug-likeness (QED) is 0.618. The molecule has 1 aliphatic heterocycles. The van der Waals surface area contributed by atoms with Gasteiger partial charge in [0, 0.05) is 18.2 Å². The maximum Gasteiger partial charge on any atom is 0.366 e. The number of rotatable bonds is 4. The van der Waals surface area contributed by atoms with Gasteiger partial charge in [-0.2, -0.15) is 0 Å². The van der Waals surface area contributed by atoms with Gasteiger partial charge in [-0.3, -0.25) is 23.8 Å². The number of nitrogens with zero attached hydrogens (tertiary/aromatic N) is 1. The second-order valence-corrected chi connectivity index (χ2v) is 5.18. The van der Waals surface area contributed by atoms with Crippen LogP contribution in [0.1, 0.15) is 18.2 Å². The molecule has 1 radical (unpaired) electrons. The molecular weight excluding hydrogens is 291 g/mol. The lowest BCUT2D eigenvalue weighted by atomic mass is 10.2. The van der Waals surface area contributed by atoms with E-state index in [1.54, 1.807) is 0 Å². The molecule has 9 nitrogen and oxygen atoms in total. The van der Waals surface area contributed by atoms with Gasteiger partial charge in [0.05, 0.1) is 12.7 Å². The maximum atomic E-state index is 11.7. The summed E-state index contributed by atoms with van der Waals surface area (Å²) >= 11 is 0. The summed E-state index contributed by atoms with van der Waals surface area (Å²) in [5, 5.41) is 9.78. The van der Waals surface area contributed by atoms with E-state index in [0.29, 0.717) is 5.56 Å². The number of aliphatic hydroxyl groups is 1. The van der Waals surface area contributed by atoms with E-state index in [-0.39, 0.29) is 13.0 Å². The molecule has 0 aromatic carbocycles. The Morgan fingerprint density at radius 3 is 2.95 bits per heavy atom. The topological polar surface area (TPSA) is 131 Å². The van der Waals surface area contributed by atoms with Crippen molar-refractivity contribution in [1.29, 1.82) is 0 Å². The van der Waals surface area contributed by atoms with Gasteiger partial charge in [0.25, 0.3) is 5.56 Å². The molecule has 3 N–H and O–H groups in total. The Bertz CT molecular complexity index is 625. The lowest BCUT2D eigenvalue weighted by Gasteiger charge is -2.15. The summed E-state index contributed by atoms with van der Waals surface area (Å²) in [6.07, 6.45) is -1.06. The van der Waals surface area contributed by atoms with Gasteiger partial charge in [-0.1, -0.05) is 0 Å². The molecule has 20 heavy (non-hydrogen) atoms. The van der Waals surface area contributed by atoms with E-state index in [1.807, 2.05) is 0 Å². The standard InChI is InChI=1S/C10H14N2O7P/c1-5-3-12(10(15)11-9(5)14)8-2-6(13)7(19-8)4-18-20(16)17/h3,6-8,13H,2,4H2,1H3,(H,16,17)(H,11,14,15)/t6-,7+,8+/m0/s1. The zero-order valence-electron chi connectivity index (χ0n) is 10.6. The Labute approximate surface area is 113 Å². The summed E-state index contributed by atoms with van der Waals surface area (Å²) in [6.45, 7) is 1.28. The van der Waals surface area contributed by atoms with Gasteiger partial charge in [0.1, 0.15) is 12.3 Å². The van der Waals surface area contributed by atoms with E-state index in [2.05, 4.69) is 9.51 Å². The minimum atomic E-state index is -2.78. The molecule has 1 fully saturated rings. The minimum Gasteiger partial charge on any atom is -0.390 e. The normalized spacial score (nSPS) is 26.8. The molecule has 0 aliphatic carbocycles. The van der Waals surface area contributed by atoms with Gasteiger partial charge in [0.15, 0.2) is 0 Å². The van der Waals surface area contributed by atoms with Crippen LogP contribution in [0.3, 0.4) is 0 Å². The molecule has 0 saturated carbocycles. The molecule has 2 rings (SSSR count). The number of H-pyrrole nitrogens is 1. The third-order valence-corrected chi connectivity index (χ3v) is 3.38. The SMILES string of the molecule is Cc1cn([C@H]2C[C@H](O)[C@@H](CO[P](=O)O)O2)c(=O)[nH]c1=O. The summed E-state index contributed by atoms with van der Waals surface area (Å²) in [4.78, 5) is 33.6. The molecule has 111 valence electrons. The largest absolute Gasteiger partial charge is 0.390 e. The van der Waals surface area contributed by atoms with Gasteiger partial charge < -0.3 is 9.84 Å². The molecule has 1 saturated heterocycles. The second-order valence-electron chi connectivity index (χ2n) is 4.44. The van der Waals surface area contributed by atoms with Gasteiger partial charge >= 0.3 is 13.9 Å². The van der Waals surface area contributed by atoms with Crippen LogP contribution in [0.4, 0.5) is 0 Å². The smallest absolute Gasteiger partial charge is 0.366 e. The van der Waals surface area contributed by atoms with Crippen molar-refractivity contribution in [2.75, 3.05) is 6.61 Å². The molecule has 0 bridgehead atoms. The monoisotopic (exact) mass is 305 g/mol. The van der Waals surface area contributed by atoms with Crippen LogP contribution >= 0.6 is 8.25 Å². The van der Waals surface area contributed by atoms with Crippen molar-refractivity contribution in [3.63, 3.8) is 0 Å². The summed E-state index contributed by atoms with van der Waals surface area (Å²) < 4.78 is 21.5. The zero-order valence-corrected chi connectivity index (χ0v) is 11.4. The fourth-order valence-corrected chi connectivity index (χ4v) is 2.25. The molecule has 1 aromatic rings. The summed E-state index contributed by atoms with van der Waals surface area (Å²) in [7, 11) is -2.78. The predicted molar refractivity (Wildman–Crippen MR) is 66.4 cm³/mol. The van der Waals surface area contributed by atoms with Crippen LogP contribution in [-0.2, 0) is 13.8 Å². The molecule has 1 aliphatic rings. The van der Waals surface area contributed by atoms with Crippen molar-refractivity contribution in [3.05, 3.63) is 32.6 Å². The van der Waals surface area contributed by atoms with E-state index in [9.17, 15) is 19.3 Å². The fourth-order valence-electron chi connectivity index (χ4n) is 1.97. The van der Waals surface area contributed by atoms with Crippen LogP contribution in [0.15, 0.2) is 15.8 Å². The highest BCUT2D eigenvalue weighted by atomic mass is 31.1. The van der Waals surface area contributed by atoms with Crippen LogP contribution in [-0.4, -0.2) is 38.4 Å². The molecule has 10 heteroatoms. The van der Waals surface area contributed by atoms with Crippen LogP contribution in [0.5, 0.6) is 0 Å². The van der Waals surface area contributed by atoms with E-state index >= 15 is 0 Å². The Balaban J connectivity index is 2.16. The van der Waals surface area contributed by atoms with Gasteiger partial charge in [-0.25, -0.2) is 9.36 Å². The molecule has 4 atom stereocenters. The highest BCUT2D eigenvalue weighted by molar-refractivity contribution is 7.32. The Morgan fingerprint density at radius 2 is 2.30 bits per heavy atom. The van der Waals surface area contributed by atoms with Gasteiger partial charge in [-0.05, 0) is 6.92 Å². The highest BCUT2D eigenvalue weighted by Crippen LogP contribution is 2.29. The van der Waals surface area contributed by atoms with Crippen LogP contribution in [0, 0.1) is 6.92 Å². The average Bonchev–Trinajstić information content (AvgIpc) is 2.72. The van der Waals surface area contributed by atoms with Crippen molar-refractivity contribution >= 4 is 8.25 Å². The Hall–Kier alpha value is -1.38. The fraction of sp³-hybridized carbons (Fsp3) is 0.600. The second kappa shape index (κ2) is 5.94. The first-order chi connectivity index (χ1) is 9.38. The minimum absolute atomic E-state index is 0.113. The number of aliphatic hydroxyl groups excluding tert-OH is 1. The van der Waals surface area contributed by atoms with Crippen molar-refractivity contribution in [2.45, 2.75) is 31.8 Å². The number of hydrogen-bond acceptors (Lipinski definition) is 6. The Kier molecular flexibility index (Phi) is 4.46. The van der Waals surface area contributed by atoms with Crippen molar-refractivity contribution in [3.8, 4) is 0 Å². The highest BCUT2D eigenvalue weighted by Gasteiger charge is 2.36.